The maximum Gasteiger partial charge on any atom is 0.282 e. The molecular formula is C27H25N3O4. The fourth-order valence-electron chi connectivity index (χ4n) is 3.75. The Kier molecular flexibility index (Phi) is 6.19. The number of methoxy groups -OCH3 is 1. The Morgan fingerprint density at radius 2 is 1.47 bits per heavy atom. The van der Waals surface area contributed by atoms with E-state index in [9.17, 15) is 14.4 Å². The van der Waals surface area contributed by atoms with Crippen LogP contribution in [0.4, 0.5) is 17.1 Å². The van der Waals surface area contributed by atoms with Gasteiger partial charge in [-0.05, 0) is 79.1 Å². The summed E-state index contributed by atoms with van der Waals surface area (Å²) in [5, 5.41) is 5.84. The highest BCUT2D eigenvalue weighted by atomic mass is 16.5. The van der Waals surface area contributed by atoms with Crippen LogP contribution in [0, 0.1) is 13.8 Å². The zero-order chi connectivity index (χ0) is 24.4. The van der Waals surface area contributed by atoms with Crippen LogP contribution in [0.2, 0.25) is 0 Å². The first kappa shape index (κ1) is 22.8. The molecule has 7 nitrogen and oxygen atoms in total. The van der Waals surface area contributed by atoms with Gasteiger partial charge in [0.15, 0.2) is 0 Å². The number of nitrogens with zero attached hydrogens (tertiary/aromatic N) is 1. The number of benzene rings is 3. The van der Waals surface area contributed by atoms with Gasteiger partial charge in [-0.2, -0.15) is 0 Å². The van der Waals surface area contributed by atoms with E-state index in [1.165, 1.54) is 11.8 Å². The molecule has 0 spiro atoms. The van der Waals surface area contributed by atoms with Crippen LogP contribution in [0.3, 0.4) is 0 Å². The van der Waals surface area contributed by atoms with Crippen molar-refractivity contribution in [2.45, 2.75) is 20.8 Å². The first-order valence-electron chi connectivity index (χ1n) is 10.8. The number of imide groups is 1. The number of carbonyl (C=O) groups excluding carboxylic acids is 3. The van der Waals surface area contributed by atoms with Gasteiger partial charge in [0.25, 0.3) is 11.8 Å². The number of ether oxygens (including phenoxy) is 1. The van der Waals surface area contributed by atoms with Crippen molar-refractivity contribution in [1.29, 1.82) is 0 Å². The monoisotopic (exact) mass is 455 g/mol. The van der Waals surface area contributed by atoms with Crippen molar-refractivity contribution < 1.29 is 19.1 Å². The molecule has 1 aliphatic rings. The minimum atomic E-state index is -0.440. The highest BCUT2D eigenvalue weighted by molar-refractivity contribution is 6.46. The molecule has 0 saturated heterocycles. The minimum Gasteiger partial charge on any atom is -0.497 e. The molecule has 172 valence electrons. The average molecular weight is 456 g/mol. The van der Waals surface area contributed by atoms with E-state index in [-0.39, 0.29) is 17.2 Å². The van der Waals surface area contributed by atoms with E-state index in [4.69, 9.17) is 4.74 Å². The van der Waals surface area contributed by atoms with Gasteiger partial charge in [0.1, 0.15) is 11.4 Å². The Bertz CT molecular complexity index is 1310. The summed E-state index contributed by atoms with van der Waals surface area (Å²) >= 11 is 0. The topological polar surface area (TPSA) is 87.7 Å². The molecule has 0 aromatic heterocycles. The number of anilines is 3. The maximum atomic E-state index is 13.6. The Morgan fingerprint density at radius 1 is 0.824 bits per heavy atom. The van der Waals surface area contributed by atoms with Crippen molar-refractivity contribution in [3.8, 4) is 5.75 Å². The molecule has 0 aliphatic carbocycles. The number of carbonyl (C=O) groups is 3. The lowest BCUT2D eigenvalue weighted by Crippen LogP contribution is -2.32. The van der Waals surface area contributed by atoms with E-state index in [0.717, 1.165) is 11.1 Å². The van der Waals surface area contributed by atoms with Crippen LogP contribution >= 0.6 is 0 Å². The van der Waals surface area contributed by atoms with Crippen molar-refractivity contribution in [2.24, 2.45) is 0 Å². The second-order valence-corrected chi connectivity index (χ2v) is 8.08. The maximum absolute atomic E-state index is 13.6. The Balaban J connectivity index is 1.77. The third-order valence-electron chi connectivity index (χ3n) is 5.69. The predicted molar refractivity (Wildman–Crippen MR) is 133 cm³/mol. The summed E-state index contributed by atoms with van der Waals surface area (Å²) in [5.41, 5.74) is 4.81. The molecule has 0 atom stereocenters. The van der Waals surface area contributed by atoms with Gasteiger partial charge in [0.05, 0.1) is 18.4 Å². The Morgan fingerprint density at radius 3 is 2.06 bits per heavy atom. The van der Waals surface area contributed by atoms with Crippen molar-refractivity contribution in [1.82, 2.24) is 0 Å². The summed E-state index contributed by atoms with van der Waals surface area (Å²) in [7, 11) is 1.58. The van der Waals surface area contributed by atoms with Crippen molar-refractivity contribution in [3.05, 3.63) is 89.1 Å². The van der Waals surface area contributed by atoms with Gasteiger partial charge in [0, 0.05) is 18.3 Å². The fourth-order valence-corrected chi connectivity index (χ4v) is 3.75. The highest BCUT2D eigenvalue weighted by Gasteiger charge is 2.40. The van der Waals surface area contributed by atoms with Gasteiger partial charge in [-0.15, -0.1) is 0 Å². The molecular weight excluding hydrogens is 430 g/mol. The molecule has 34 heavy (non-hydrogen) atoms. The van der Waals surface area contributed by atoms with Crippen molar-refractivity contribution in [3.63, 3.8) is 0 Å². The Hall–Kier alpha value is -4.39. The molecule has 3 amide bonds. The van der Waals surface area contributed by atoms with Crippen LogP contribution in [0.1, 0.15) is 23.6 Å². The van der Waals surface area contributed by atoms with Gasteiger partial charge >= 0.3 is 0 Å². The lowest BCUT2D eigenvalue weighted by atomic mass is 10.0. The largest absolute Gasteiger partial charge is 0.497 e. The molecule has 2 N–H and O–H groups in total. The number of nitrogens with one attached hydrogen (secondary N) is 2. The number of amides is 3. The lowest BCUT2D eigenvalue weighted by Gasteiger charge is -2.17. The molecule has 0 radical (unpaired) electrons. The predicted octanol–water partition coefficient (Wildman–Crippen LogP) is 4.67. The van der Waals surface area contributed by atoms with E-state index in [0.29, 0.717) is 28.4 Å². The zero-order valence-corrected chi connectivity index (χ0v) is 19.4. The molecule has 7 heteroatoms. The summed E-state index contributed by atoms with van der Waals surface area (Å²) in [4.78, 5) is 39.7. The molecule has 4 rings (SSSR count). The first-order valence-corrected chi connectivity index (χ1v) is 10.8. The lowest BCUT2D eigenvalue weighted by molar-refractivity contribution is -0.120. The van der Waals surface area contributed by atoms with Crippen LogP contribution in [0.5, 0.6) is 5.75 Å². The number of hydrogen-bond acceptors (Lipinski definition) is 5. The van der Waals surface area contributed by atoms with Gasteiger partial charge < -0.3 is 15.4 Å². The molecule has 0 saturated carbocycles. The zero-order valence-electron chi connectivity index (χ0n) is 19.4. The molecule has 0 bridgehead atoms. The van der Waals surface area contributed by atoms with Crippen LogP contribution in [0.15, 0.2) is 72.4 Å². The third kappa shape index (κ3) is 4.41. The number of hydrogen-bond donors (Lipinski definition) is 2. The molecule has 0 fully saturated rings. The molecule has 3 aromatic carbocycles. The van der Waals surface area contributed by atoms with Crippen LogP contribution in [0.25, 0.3) is 5.57 Å². The van der Waals surface area contributed by atoms with Gasteiger partial charge in [-0.3, -0.25) is 14.4 Å². The molecule has 1 aliphatic heterocycles. The average Bonchev–Trinajstić information content (AvgIpc) is 3.06. The number of aryl methyl sites for hydroxylation is 2. The van der Waals surface area contributed by atoms with E-state index in [1.54, 1.807) is 61.7 Å². The SMILES string of the molecule is COc1ccc(NC2=C(c3ccc(NC(C)=O)cc3)C(=O)N(c3ccc(C)c(C)c3)C2=O)cc1. The number of rotatable bonds is 6. The third-order valence-corrected chi connectivity index (χ3v) is 5.69. The van der Waals surface area contributed by atoms with E-state index >= 15 is 0 Å². The summed E-state index contributed by atoms with van der Waals surface area (Å²) in [6, 6.07) is 19.4. The smallest absolute Gasteiger partial charge is 0.282 e. The minimum absolute atomic E-state index is 0.181. The summed E-state index contributed by atoms with van der Waals surface area (Å²) in [6.45, 7) is 5.34. The normalized spacial score (nSPS) is 13.4. The second-order valence-electron chi connectivity index (χ2n) is 8.08. The summed E-state index contributed by atoms with van der Waals surface area (Å²) < 4.78 is 5.20. The molecule has 3 aromatic rings. The van der Waals surface area contributed by atoms with Crippen molar-refractivity contribution >= 4 is 40.4 Å². The quantitative estimate of drug-likeness (QED) is 0.528. The van der Waals surface area contributed by atoms with E-state index in [1.807, 2.05) is 26.0 Å². The summed E-state index contributed by atoms with van der Waals surface area (Å²) in [6.07, 6.45) is 0. The van der Waals surface area contributed by atoms with E-state index in [2.05, 4.69) is 10.6 Å². The second kappa shape index (κ2) is 9.23. The van der Waals surface area contributed by atoms with Gasteiger partial charge in [-0.1, -0.05) is 18.2 Å². The van der Waals surface area contributed by atoms with Gasteiger partial charge in [-0.25, -0.2) is 4.90 Å². The van der Waals surface area contributed by atoms with Gasteiger partial charge in [0.2, 0.25) is 5.91 Å². The highest BCUT2D eigenvalue weighted by Crippen LogP contribution is 2.35. The fraction of sp³-hybridized carbons (Fsp3) is 0.148. The van der Waals surface area contributed by atoms with Crippen LogP contribution in [-0.4, -0.2) is 24.8 Å². The van der Waals surface area contributed by atoms with E-state index < -0.39 is 11.8 Å². The standard InChI is InChI=1S/C27H25N3O4/c1-16-5-12-22(15-17(16)2)30-26(32)24(19-6-8-20(9-7-19)28-18(3)31)25(27(30)33)29-21-10-13-23(34-4)14-11-21/h5-15,29H,1-4H3,(H,28,31). The molecule has 1 heterocycles. The molecule has 0 unspecified atom stereocenters. The van der Waals surface area contributed by atoms with Crippen LogP contribution in [-0.2, 0) is 14.4 Å². The van der Waals surface area contributed by atoms with Crippen molar-refractivity contribution in [2.75, 3.05) is 22.6 Å². The summed E-state index contributed by atoms with van der Waals surface area (Å²) in [5.74, 6) is -0.373. The Labute approximate surface area is 198 Å². The first-order chi connectivity index (χ1) is 16.3. The van der Waals surface area contributed by atoms with Crippen LogP contribution < -0.4 is 20.3 Å².